The van der Waals surface area contributed by atoms with Crippen LogP contribution >= 0.6 is 0 Å². The number of rotatable bonds is 7. The lowest BCUT2D eigenvalue weighted by Crippen LogP contribution is -2.40. The van der Waals surface area contributed by atoms with E-state index in [0.717, 1.165) is 6.54 Å². The molecule has 0 bridgehead atoms. The minimum atomic E-state index is -3.39. The summed E-state index contributed by atoms with van der Waals surface area (Å²) in [5, 5.41) is 15.6. The Hall–Kier alpha value is -1.06. The molecule has 1 aromatic heterocycles. The standard InChI is InChI=1S/C8H18N6O2S/c1-4-9-5-6(2)17(15,16)12-7(3)8-10-13-14-11-8/h6-7,9,12H,4-5H2,1-3H3,(H,10,11,13,14). The van der Waals surface area contributed by atoms with Crippen LogP contribution in [0, 0.1) is 0 Å². The van der Waals surface area contributed by atoms with E-state index >= 15 is 0 Å². The summed E-state index contributed by atoms with van der Waals surface area (Å²) in [5.74, 6) is 0.323. The summed E-state index contributed by atoms with van der Waals surface area (Å²) in [5.41, 5.74) is 0. The van der Waals surface area contributed by atoms with Gasteiger partial charge in [-0.25, -0.2) is 13.1 Å². The van der Waals surface area contributed by atoms with E-state index in [1.807, 2.05) is 6.92 Å². The van der Waals surface area contributed by atoms with Crippen molar-refractivity contribution in [3.05, 3.63) is 5.82 Å². The maximum atomic E-state index is 11.9. The molecule has 0 amide bonds. The quantitative estimate of drug-likeness (QED) is 0.591. The van der Waals surface area contributed by atoms with Gasteiger partial charge < -0.3 is 5.32 Å². The molecule has 0 radical (unpaired) electrons. The largest absolute Gasteiger partial charge is 0.316 e. The van der Waals surface area contributed by atoms with Gasteiger partial charge in [0.2, 0.25) is 10.0 Å². The van der Waals surface area contributed by atoms with Gasteiger partial charge in [0.05, 0.1) is 11.3 Å². The highest BCUT2D eigenvalue weighted by molar-refractivity contribution is 7.90. The van der Waals surface area contributed by atoms with Crippen LogP contribution in [0.25, 0.3) is 0 Å². The number of hydrogen-bond donors (Lipinski definition) is 3. The van der Waals surface area contributed by atoms with Gasteiger partial charge in [-0.05, 0) is 20.4 Å². The Morgan fingerprint density at radius 2 is 2.12 bits per heavy atom. The van der Waals surface area contributed by atoms with Gasteiger partial charge in [-0.2, -0.15) is 5.21 Å². The van der Waals surface area contributed by atoms with E-state index in [1.54, 1.807) is 13.8 Å². The average Bonchev–Trinajstić information content (AvgIpc) is 2.78. The second-order valence-corrected chi connectivity index (χ2v) is 5.90. The van der Waals surface area contributed by atoms with E-state index in [9.17, 15) is 8.42 Å². The third-order valence-corrected chi connectivity index (χ3v) is 4.21. The Labute approximate surface area is 101 Å². The molecule has 1 rings (SSSR count). The molecule has 1 aromatic rings. The summed E-state index contributed by atoms with van der Waals surface area (Å²) in [6.45, 7) is 6.38. The van der Waals surface area contributed by atoms with Crippen LogP contribution < -0.4 is 10.0 Å². The second kappa shape index (κ2) is 6.03. The van der Waals surface area contributed by atoms with Gasteiger partial charge in [-0.15, -0.1) is 10.2 Å². The van der Waals surface area contributed by atoms with Crippen LogP contribution in [0.15, 0.2) is 0 Å². The van der Waals surface area contributed by atoms with E-state index in [2.05, 4.69) is 30.7 Å². The highest BCUT2D eigenvalue weighted by Gasteiger charge is 2.24. The first-order chi connectivity index (χ1) is 7.97. The summed E-state index contributed by atoms with van der Waals surface area (Å²) >= 11 is 0. The van der Waals surface area contributed by atoms with Crippen molar-refractivity contribution < 1.29 is 8.42 Å². The monoisotopic (exact) mass is 262 g/mol. The first-order valence-electron chi connectivity index (χ1n) is 5.42. The van der Waals surface area contributed by atoms with Crippen molar-refractivity contribution in [2.75, 3.05) is 13.1 Å². The van der Waals surface area contributed by atoms with Gasteiger partial charge in [-0.3, -0.25) is 0 Å². The second-order valence-electron chi connectivity index (χ2n) is 3.77. The van der Waals surface area contributed by atoms with Crippen LogP contribution in [0.5, 0.6) is 0 Å². The average molecular weight is 262 g/mol. The van der Waals surface area contributed by atoms with Crippen molar-refractivity contribution in [3.8, 4) is 0 Å². The Morgan fingerprint density at radius 3 is 2.65 bits per heavy atom. The Kier molecular flexibility index (Phi) is 4.97. The summed E-state index contributed by atoms with van der Waals surface area (Å²) in [6.07, 6.45) is 0. The van der Waals surface area contributed by atoms with Crippen LogP contribution in [0.1, 0.15) is 32.6 Å². The molecule has 0 saturated heterocycles. The van der Waals surface area contributed by atoms with Crippen molar-refractivity contribution in [1.29, 1.82) is 0 Å². The topological polar surface area (TPSA) is 113 Å². The van der Waals surface area contributed by atoms with Gasteiger partial charge in [0.1, 0.15) is 0 Å². The van der Waals surface area contributed by atoms with Crippen molar-refractivity contribution in [2.24, 2.45) is 0 Å². The lowest BCUT2D eigenvalue weighted by Gasteiger charge is -2.16. The van der Waals surface area contributed by atoms with Crippen molar-refractivity contribution in [3.63, 3.8) is 0 Å². The molecule has 9 heteroatoms. The molecule has 8 nitrogen and oxygen atoms in total. The van der Waals surface area contributed by atoms with E-state index in [0.29, 0.717) is 12.4 Å². The number of nitrogens with one attached hydrogen (secondary N) is 3. The first-order valence-corrected chi connectivity index (χ1v) is 6.97. The fourth-order valence-electron chi connectivity index (χ4n) is 1.23. The third-order valence-electron chi connectivity index (χ3n) is 2.30. The van der Waals surface area contributed by atoms with Gasteiger partial charge in [-0.1, -0.05) is 12.1 Å². The number of nitrogens with zero attached hydrogens (tertiary/aromatic N) is 3. The molecule has 0 aliphatic heterocycles. The zero-order valence-electron chi connectivity index (χ0n) is 10.1. The number of aromatic nitrogens is 4. The fourth-order valence-corrected chi connectivity index (χ4v) is 2.39. The summed E-state index contributed by atoms with van der Waals surface area (Å²) < 4.78 is 26.3. The lowest BCUT2D eigenvalue weighted by atomic mass is 10.4. The minimum absolute atomic E-state index is 0.323. The zero-order valence-corrected chi connectivity index (χ0v) is 11.0. The molecule has 3 N–H and O–H groups in total. The number of tetrazole rings is 1. The smallest absolute Gasteiger partial charge is 0.216 e. The summed E-state index contributed by atoms with van der Waals surface area (Å²) in [6, 6.07) is -0.497. The van der Waals surface area contributed by atoms with E-state index in [4.69, 9.17) is 0 Å². The Morgan fingerprint density at radius 1 is 1.41 bits per heavy atom. The molecule has 0 aliphatic rings. The maximum Gasteiger partial charge on any atom is 0.216 e. The molecule has 0 fully saturated rings. The summed E-state index contributed by atoms with van der Waals surface area (Å²) in [7, 11) is -3.39. The molecular weight excluding hydrogens is 244 g/mol. The first kappa shape index (κ1) is 14.0. The molecule has 0 saturated carbocycles. The van der Waals surface area contributed by atoms with Gasteiger partial charge >= 0.3 is 0 Å². The molecule has 0 spiro atoms. The third kappa shape index (κ3) is 4.02. The molecule has 0 aliphatic carbocycles. The number of hydrogen-bond acceptors (Lipinski definition) is 6. The van der Waals surface area contributed by atoms with Gasteiger partial charge in [0, 0.05) is 6.54 Å². The molecule has 2 atom stereocenters. The van der Waals surface area contributed by atoms with E-state index in [-0.39, 0.29) is 0 Å². The minimum Gasteiger partial charge on any atom is -0.316 e. The van der Waals surface area contributed by atoms with Crippen LogP contribution in [0.4, 0.5) is 0 Å². The predicted octanol–water partition coefficient (Wildman–Crippen LogP) is -0.822. The normalized spacial score (nSPS) is 15.7. The van der Waals surface area contributed by atoms with Crippen molar-refractivity contribution in [2.45, 2.75) is 32.1 Å². The summed E-state index contributed by atoms with van der Waals surface area (Å²) in [4.78, 5) is 0. The zero-order chi connectivity index (χ0) is 12.9. The van der Waals surface area contributed by atoms with Crippen LogP contribution in [-0.2, 0) is 10.0 Å². The lowest BCUT2D eigenvalue weighted by molar-refractivity contribution is 0.541. The molecular formula is C8H18N6O2S. The van der Waals surface area contributed by atoms with Crippen LogP contribution in [0.2, 0.25) is 0 Å². The molecule has 98 valence electrons. The van der Waals surface area contributed by atoms with Gasteiger partial charge in [0.25, 0.3) is 0 Å². The fraction of sp³-hybridized carbons (Fsp3) is 0.875. The highest BCUT2D eigenvalue weighted by Crippen LogP contribution is 2.08. The van der Waals surface area contributed by atoms with Gasteiger partial charge in [0.15, 0.2) is 5.82 Å². The molecule has 1 heterocycles. The SMILES string of the molecule is CCNCC(C)S(=O)(=O)NC(C)c1nn[nH]n1. The predicted molar refractivity (Wildman–Crippen MR) is 62.7 cm³/mol. The Bertz CT molecular complexity index is 417. The molecule has 2 unspecified atom stereocenters. The maximum absolute atomic E-state index is 11.9. The number of sulfonamides is 1. The number of H-pyrrole nitrogens is 1. The van der Waals surface area contributed by atoms with Crippen LogP contribution in [-0.4, -0.2) is 47.4 Å². The Balaban J connectivity index is 2.60. The molecule has 0 aromatic carbocycles. The van der Waals surface area contributed by atoms with Crippen molar-refractivity contribution >= 4 is 10.0 Å². The van der Waals surface area contributed by atoms with Crippen molar-refractivity contribution in [1.82, 2.24) is 30.7 Å². The van der Waals surface area contributed by atoms with E-state index in [1.165, 1.54) is 0 Å². The van der Waals surface area contributed by atoms with Crippen LogP contribution in [0.3, 0.4) is 0 Å². The van der Waals surface area contributed by atoms with E-state index < -0.39 is 21.3 Å². The highest BCUT2D eigenvalue weighted by atomic mass is 32.2. The number of aromatic amines is 1. The molecule has 17 heavy (non-hydrogen) atoms.